The van der Waals surface area contributed by atoms with Crippen molar-refractivity contribution in [2.45, 2.75) is 32.7 Å². The Kier molecular flexibility index (Phi) is 2.18. The maximum atomic E-state index is 11.4. The van der Waals surface area contributed by atoms with Crippen molar-refractivity contribution < 1.29 is 4.79 Å². The van der Waals surface area contributed by atoms with E-state index in [1.54, 1.807) is 0 Å². The van der Waals surface area contributed by atoms with Gasteiger partial charge in [0, 0.05) is 19.1 Å². The molecule has 0 aromatic heterocycles. The predicted molar refractivity (Wildman–Crippen MR) is 51.5 cm³/mol. The highest BCUT2D eigenvalue weighted by atomic mass is 16.2. The summed E-state index contributed by atoms with van der Waals surface area (Å²) in [6.07, 6.45) is 2.46. The lowest BCUT2D eigenvalue weighted by atomic mass is 9.97. The zero-order valence-corrected chi connectivity index (χ0v) is 8.42. The fraction of sp³-hybridized carbons (Fsp3) is 0.900. The van der Waals surface area contributed by atoms with Gasteiger partial charge in [0.05, 0.1) is 0 Å². The summed E-state index contributed by atoms with van der Waals surface area (Å²) in [5, 5.41) is 2.87. The van der Waals surface area contributed by atoms with Crippen LogP contribution >= 0.6 is 0 Å². The van der Waals surface area contributed by atoms with Crippen LogP contribution in [0.2, 0.25) is 0 Å². The van der Waals surface area contributed by atoms with Gasteiger partial charge in [0.1, 0.15) is 0 Å². The number of rotatable bonds is 1. The first-order valence-corrected chi connectivity index (χ1v) is 5.24. The lowest BCUT2D eigenvalue weighted by molar-refractivity contribution is 0.180. The van der Waals surface area contributed by atoms with Crippen molar-refractivity contribution in [1.82, 2.24) is 10.2 Å². The number of carbonyl (C=O) groups excluding carboxylic acids is 1. The minimum absolute atomic E-state index is 0.144. The number of nitrogens with one attached hydrogen (secondary N) is 1. The highest BCUT2D eigenvalue weighted by Gasteiger charge is 2.37. The minimum atomic E-state index is 0.144. The fourth-order valence-electron chi connectivity index (χ4n) is 2.58. The van der Waals surface area contributed by atoms with Crippen LogP contribution in [0.3, 0.4) is 0 Å². The standard InChI is InChI=1S/C10H18N2O/c1-7-3-4-9(8(7)2)12-6-5-11-10(12)13/h7-9H,3-6H2,1-2H3,(H,11,13). The van der Waals surface area contributed by atoms with Crippen LogP contribution in [0.4, 0.5) is 4.79 Å². The third-order valence-electron chi connectivity index (χ3n) is 3.71. The fourth-order valence-corrected chi connectivity index (χ4v) is 2.58. The van der Waals surface area contributed by atoms with Crippen molar-refractivity contribution in [2.24, 2.45) is 11.8 Å². The van der Waals surface area contributed by atoms with Crippen LogP contribution in [-0.4, -0.2) is 30.1 Å². The summed E-state index contributed by atoms with van der Waals surface area (Å²) in [5.74, 6) is 1.45. The molecule has 74 valence electrons. The minimum Gasteiger partial charge on any atom is -0.336 e. The van der Waals surface area contributed by atoms with Gasteiger partial charge in [-0.15, -0.1) is 0 Å². The molecular formula is C10H18N2O. The van der Waals surface area contributed by atoms with E-state index in [-0.39, 0.29) is 6.03 Å². The van der Waals surface area contributed by atoms with Gasteiger partial charge in [-0.2, -0.15) is 0 Å². The van der Waals surface area contributed by atoms with Gasteiger partial charge in [-0.3, -0.25) is 0 Å². The maximum Gasteiger partial charge on any atom is 0.317 e. The Balaban J connectivity index is 2.04. The van der Waals surface area contributed by atoms with Gasteiger partial charge in [-0.25, -0.2) is 4.79 Å². The molecular weight excluding hydrogens is 164 g/mol. The van der Waals surface area contributed by atoms with E-state index in [1.807, 2.05) is 4.90 Å². The van der Waals surface area contributed by atoms with Gasteiger partial charge < -0.3 is 10.2 Å². The SMILES string of the molecule is CC1CCC(N2CCNC2=O)C1C. The Bertz CT molecular complexity index is 217. The van der Waals surface area contributed by atoms with Gasteiger partial charge in [-0.1, -0.05) is 13.8 Å². The quantitative estimate of drug-likeness (QED) is 0.654. The number of urea groups is 1. The van der Waals surface area contributed by atoms with Crippen LogP contribution < -0.4 is 5.32 Å². The Morgan fingerprint density at radius 2 is 2.15 bits per heavy atom. The molecule has 1 saturated heterocycles. The van der Waals surface area contributed by atoms with E-state index in [0.29, 0.717) is 12.0 Å². The molecule has 3 nitrogen and oxygen atoms in total. The Morgan fingerprint density at radius 3 is 2.62 bits per heavy atom. The molecule has 2 aliphatic rings. The smallest absolute Gasteiger partial charge is 0.317 e. The lowest BCUT2D eigenvalue weighted by Gasteiger charge is -2.27. The Hall–Kier alpha value is -0.730. The third-order valence-corrected chi connectivity index (χ3v) is 3.71. The molecule has 0 aromatic carbocycles. The molecule has 0 radical (unpaired) electrons. The first-order valence-electron chi connectivity index (χ1n) is 5.24. The van der Waals surface area contributed by atoms with Gasteiger partial charge in [0.2, 0.25) is 0 Å². The first-order chi connectivity index (χ1) is 6.20. The summed E-state index contributed by atoms with van der Waals surface area (Å²) in [7, 11) is 0. The molecule has 1 heterocycles. The van der Waals surface area contributed by atoms with Gasteiger partial charge in [0.15, 0.2) is 0 Å². The lowest BCUT2D eigenvalue weighted by Crippen LogP contribution is -2.40. The third kappa shape index (κ3) is 1.40. The monoisotopic (exact) mass is 182 g/mol. The molecule has 0 spiro atoms. The van der Waals surface area contributed by atoms with Crippen molar-refractivity contribution in [3.8, 4) is 0 Å². The topological polar surface area (TPSA) is 32.3 Å². The van der Waals surface area contributed by atoms with E-state index >= 15 is 0 Å². The number of nitrogens with zero attached hydrogens (tertiary/aromatic N) is 1. The molecule has 3 atom stereocenters. The molecule has 3 heteroatoms. The second-order valence-electron chi connectivity index (χ2n) is 4.41. The van der Waals surface area contributed by atoms with E-state index in [9.17, 15) is 4.79 Å². The second-order valence-corrected chi connectivity index (χ2v) is 4.41. The van der Waals surface area contributed by atoms with Crippen LogP contribution in [0, 0.1) is 11.8 Å². The first kappa shape index (κ1) is 8.85. The molecule has 2 amide bonds. The average Bonchev–Trinajstić information content (AvgIpc) is 2.62. The van der Waals surface area contributed by atoms with Crippen LogP contribution in [0.5, 0.6) is 0 Å². The number of amides is 2. The van der Waals surface area contributed by atoms with Crippen LogP contribution in [0.1, 0.15) is 26.7 Å². The summed E-state index contributed by atoms with van der Waals surface area (Å²) in [6.45, 7) is 6.30. The Labute approximate surface area is 79.5 Å². The highest BCUT2D eigenvalue weighted by Crippen LogP contribution is 2.35. The molecule has 1 saturated carbocycles. The number of carbonyl (C=O) groups is 1. The highest BCUT2D eigenvalue weighted by molar-refractivity contribution is 5.76. The zero-order chi connectivity index (χ0) is 9.42. The average molecular weight is 182 g/mol. The van der Waals surface area contributed by atoms with Gasteiger partial charge in [0.25, 0.3) is 0 Å². The molecule has 0 bridgehead atoms. The molecule has 2 rings (SSSR count). The summed E-state index contributed by atoms with van der Waals surface area (Å²) in [5.41, 5.74) is 0. The largest absolute Gasteiger partial charge is 0.336 e. The molecule has 13 heavy (non-hydrogen) atoms. The van der Waals surface area contributed by atoms with Crippen molar-refractivity contribution in [3.05, 3.63) is 0 Å². The van der Waals surface area contributed by atoms with E-state index in [1.165, 1.54) is 12.8 Å². The van der Waals surface area contributed by atoms with Crippen molar-refractivity contribution in [1.29, 1.82) is 0 Å². The van der Waals surface area contributed by atoms with Crippen molar-refractivity contribution in [2.75, 3.05) is 13.1 Å². The maximum absolute atomic E-state index is 11.4. The van der Waals surface area contributed by atoms with Crippen molar-refractivity contribution in [3.63, 3.8) is 0 Å². The molecule has 2 fully saturated rings. The van der Waals surface area contributed by atoms with E-state index in [0.717, 1.165) is 19.0 Å². The number of hydrogen-bond donors (Lipinski definition) is 1. The zero-order valence-electron chi connectivity index (χ0n) is 8.42. The molecule has 0 aromatic rings. The summed E-state index contributed by atoms with van der Waals surface area (Å²) in [4.78, 5) is 13.5. The molecule has 3 unspecified atom stereocenters. The Morgan fingerprint density at radius 1 is 1.38 bits per heavy atom. The van der Waals surface area contributed by atoms with Gasteiger partial charge >= 0.3 is 6.03 Å². The van der Waals surface area contributed by atoms with Crippen molar-refractivity contribution >= 4 is 6.03 Å². The summed E-state index contributed by atoms with van der Waals surface area (Å²) < 4.78 is 0. The van der Waals surface area contributed by atoms with E-state index in [2.05, 4.69) is 19.2 Å². The summed E-state index contributed by atoms with van der Waals surface area (Å²) >= 11 is 0. The molecule has 1 aliphatic carbocycles. The predicted octanol–water partition coefficient (Wildman–Crippen LogP) is 1.45. The summed E-state index contributed by atoms with van der Waals surface area (Å²) in [6, 6.07) is 0.642. The van der Waals surface area contributed by atoms with Crippen LogP contribution in [0.15, 0.2) is 0 Å². The number of hydrogen-bond acceptors (Lipinski definition) is 1. The normalized spacial score (nSPS) is 39.7. The molecule has 1 N–H and O–H groups in total. The van der Waals surface area contributed by atoms with Crippen LogP contribution in [-0.2, 0) is 0 Å². The molecule has 1 aliphatic heterocycles. The van der Waals surface area contributed by atoms with E-state index in [4.69, 9.17) is 0 Å². The van der Waals surface area contributed by atoms with E-state index < -0.39 is 0 Å². The van der Waals surface area contributed by atoms with Crippen LogP contribution in [0.25, 0.3) is 0 Å². The van der Waals surface area contributed by atoms with Gasteiger partial charge in [-0.05, 0) is 24.7 Å². The second kappa shape index (κ2) is 3.20.